The van der Waals surface area contributed by atoms with Crippen LogP contribution in [-0.2, 0) is 11.8 Å². The topological polar surface area (TPSA) is 56.3 Å². The van der Waals surface area contributed by atoms with E-state index >= 15 is 0 Å². The highest BCUT2D eigenvalue weighted by molar-refractivity contribution is 5.07. The van der Waals surface area contributed by atoms with Gasteiger partial charge in [-0.3, -0.25) is 4.90 Å². The largest absolute Gasteiger partial charge is 0.378 e. The fraction of sp³-hybridized carbons (Fsp3) is 0.750. The summed E-state index contributed by atoms with van der Waals surface area (Å²) >= 11 is 0. The van der Waals surface area contributed by atoms with Crippen LogP contribution in [0.1, 0.15) is 25.1 Å². The number of aryl methyl sites for hydroxylation is 1. The van der Waals surface area contributed by atoms with Gasteiger partial charge in [-0.1, -0.05) is 6.92 Å². The first kappa shape index (κ1) is 12.5. The first-order valence-corrected chi connectivity index (χ1v) is 6.27. The summed E-state index contributed by atoms with van der Waals surface area (Å²) in [6.07, 6.45) is 4.84. The van der Waals surface area contributed by atoms with Crippen molar-refractivity contribution >= 4 is 0 Å². The molecule has 1 aliphatic rings. The van der Waals surface area contributed by atoms with Crippen LogP contribution in [0.2, 0.25) is 0 Å². The maximum atomic E-state index is 5.96. The summed E-state index contributed by atoms with van der Waals surface area (Å²) in [5.74, 6) is 0. The molecule has 1 aromatic heterocycles. The Morgan fingerprint density at radius 1 is 1.65 bits per heavy atom. The number of morpholine rings is 1. The van der Waals surface area contributed by atoms with Gasteiger partial charge in [0.2, 0.25) is 0 Å². The summed E-state index contributed by atoms with van der Waals surface area (Å²) in [7, 11) is 2.02. The number of ether oxygens (including phenoxy) is 1. The summed E-state index contributed by atoms with van der Waals surface area (Å²) in [6.45, 7) is 5.38. The fourth-order valence-corrected chi connectivity index (χ4v) is 2.54. The Balaban J connectivity index is 2.19. The minimum Gasteiger partial charge on any atom is -0.378 e. The summed E-state index contributed by atoms with van der Waals surface area (Å²) < 4.78 is 7.60. The van der Waals surface area contributed by atoms with E-state index in [9.17, 15) is 0 Å². The molecule has 0 spiro atoms. The van der Waals surface area contributed by atoms with Gasteiger partial charge in [-0.2, -0.15) is 0 Å². The van der Waals surface area contributed by atoms with Crippen molar-refractivity contribution in [3.05, 3.63) is 18.2 Å². The molecule has 2 heterocycles. The maximum Gasteiger partial charge on any atom is 0.0946 e. The number of rotatable bonds is 4. The van der Waals surface area contributed by atoms with Gasteiger partial charge in [0.05, 0.1) is 31.3 Å². The van der Waals surface area contributed by atoms with Gasteiger partial charge in [-0.15, -0.1) is 0 Å². The highest BCUT2D eigenvalue weighted by Crippen LogP contribution is 2.24. The Labute approximate surface area is 103 Å². The van der Waals surface area contributed by atoms with Gasteiger partial charge >= 0.3 is 0 Å². The van der Waals surface area contributed by atoms with Crippen LogP contribution in [0.15, 0.2) is 12.5 Å². The van der Waals surface area contributed by atoms with Crippen LogP contribution in [0.5, 0.6) is 0 Å². The number of hydrogen-bond acceptors (Lipinski definition) is 4. The molecule has 2 rings (SSSR count). The van der Waals surface area contributed by atoms with E-state index in [2.05, 4.69) is 21.4 Å². The fourth-order valence-electron chi connectivity index (χ4n) is 2.54. The average Bonchev–Trinajstić information content (AvgIpc) is 2.78. The summed E-state index contributed by atoms with van der Waals surface area (Å²) in [5, 5.41) is 0. The standard InChI is InChI=1S/C12H22N4O/c1-3-10-8-17-5-4-16(10)11(6-13)12-7-14-9-15(12)2/h7,9-11H,3-6,8,13H2,1-2H3. The van der Waals surface area contributed by atoms with Crippen LogP contribution >= 0.6 is 0 Å². The van der Waals surface area contributed by atoms with Crippen molar-refractivity contribution < 1.29 is 4.74 Å². The van der Waals surface area contributed by atoms with Crippen LogP contribution in [0.3, 0.4) is 0 Å². The van der Waals surface area contributed by atoms with Crippen molar-refractivity contribution in [2.75, 3.05) is 26.3 Å². The third-order valence-electron chi connectivity index (χ3n) is 3.56. The van der Waals surface area contributed by atoms with Crippen LogP contribution in [0.25, 0.3) is 0 Å². The van der Waals surface area contributed by atoms with E-state index in [4.69, 9.17) is 10.5 Å². The van der Waals surface area contributed by atoms with Gasteiger partial charge < -0.3 is 15.0 Å². The lowest BCUT2D eigenvalue weighted by atomic mass is 10.1. The Morgan fingerprint density at radius 3 is 3.06 bits per heavy atom. The molecule has 0 aliphatic carbocycles. The molecular formula is C12H22N4O. The van der Waals surface area contributed by atoms with Gasteiger partial charge in [-0.25, -0.2) is 4.98 Å². The molecule has 96 valence electrons. The van der Waals surface area contributed by atoms with E-state index in [1.807, 2.05) is 19.6 Å². The van der Waals surface area contributed by atoms with Crippen LogP contribution in [-0.4, -0.2) is 46.8 Å². The number of nitrogens with zero attached hydrogens (tertiary/aromatic N) is 3. The molecule has 1 aliphatic heterocycles. The second-order valence-electron chi connectivity index (χ2n) is 4.56. The lowest BCUT2D eigenvalue weighted by Gasteiger charge is -2.40. The zero-order valence-corrected chi connectivity index (χ0v) is 10.7. The van der Waals surface area contributed by atoms with E-state index in [1.165, 1.54) is 5.69 Å². The van der Waals surface area contributed by atoms with E-state index in [-0.39, 0.29) is 6.04 Å². The summed E-state index contributed by atoms with van der Waals surface area (Å²) in [5.41, 5.74) is 7.14. The molecular weight excluding hydrogens is 216 g/mol. The van der Waals surface area contributed by atoms with E-state index < -0.39 is 0 Å². The zero-order chi connectivity index (χ0) is 12.3. The minimum atomic E-state index is 0.247. The highest BCUT2D eigenvalue weighted by atomic mass is 16.5. The molecule has 2 atom stereocenters. The first-order chi connectivity index (χ1) is 8.27. The average molecular weight is 238 g/mol. The number of hydrogen-bond donors (Lipinski definition) is 1. The molecule has 17 heavy (non-hydrogen) atoms. The third-order valence-corrected chi connectivity index (χ3v) is 3.56. The molecule has 1 aromatic rings. The van der Waals surface area contributed by atoms with Gasteiger partial charge in [0.1, 0.15) is 0 Å². The van der Waals surface area contributed by atoms with Gasteiger partial charge in [0.15, 0.2) is 0 Å². The Morgan fingerprint density at radius 2 is 2.47 bits per heavy atom. The molecule has 0 aromatic carbocycles. The van der Waals surface area contributed by atoms with Crippen molar-refractivity contribution in [2.24, 2.45) is 12.8 Å². The molecule has 5 heteroatoms. The Bertz CT molecular complexity index is 352. The second kappa shape index (κ2) is 5.62. The molecule has 1 fully saturated rings. The Kier molecular flexibility index (Phi) is 4.15. The molecule has 0 amide bonds. The molecule has 0 radical (unpaired) electrons. The third kappa shape index (κ3) is 2.51. The quantitative estimate of drug-likeness (QED) is 0.831. The van der Waals surface area contributed by atoms with E-state index in [0.717, 1.165) is 26.2 Å². The molecule has 5 nitrogen and oxygen atoms in total. The van der Waals surface area contributed by atoms with Gasteiger partial charge in [0.25, 0.3) is 0 Å². The molecule has 0 saturated carbocycles. The normalized spacial score (nSPS) is 23.8. The van der Waals surface area contributed by atoms with Gasteiger partial charge in [0, 0.05) is 32.4 Å². The summed E-state index contributed by atoms with van der Waals surface area (Å²) in [4.78, 5) is 6.64. The minimum absolute atomic E-state index is 0.247. The maximum absolute atomic E-state index is 5.96. The first-order valence-electron chi connectivity index (χ1n) is 6.27. The lowest BCUT2D eigenvalue weighted by molar-refractivity contribution is -0.0303. The van der Waals surface area contributed by atoms with Crippen molar-refractivity contribution in [3.63, 3.8) is 0 Å². The monoisotopic (exact) mass is 238 g/mol. The molecule has 1 saturated heterocycles. The van der Waals surface area contributed by atoms with Crippen molar-refractivity contribution in [1.29, 1.82) is 0 Å². The predicted octanol–water partition coefficient (Wildman–Crippen LogP) is 0.531. The predicted molar refractivity (Wildman–Crippen MR) is 66.6 cm³/mol. The van der Waals surface area contributed by atoms with Crippen molar-refractivity contribution in [3.8, 4) is 0 Å². The molecule has 2 unspecified atom stereocenters. The van der Waals surface area contributed by atoms with E-state index in [1.54, 1.807) is 0 Å². The summed E-state index contributed by atoms with van der Waals surface area (Å²) in [6, 6.07) is 0.712. The van der Waals surface area contributed by atoms with Crippen molar-refractivity contribution in [2.45, 2.75) is 25.4 Å². The van der Waals surface area contributed by atoms with Gasteiger partial charge in [-0.05, 0) is 6.42 Å². The smallest absolute Gasteiger partial charge is 0.0946 e. The lowest BCUT2D eigenvalue weighted by Crippen LogP contribution is -2.49. The SMILES string of the molecule is CCC1COCCN1C(CN)c1cncn1C. The number of nitrogens with two attached hydrogens (primary N) is 1. The van der Waals surface area contributed by atoms with Crippen LogP contribution in [0.4, 0.5) is 0 Å². The van der Waals surface area contributed by atoms with Crippen molar-refractivity contribution in [1.82, 2.24) is 14.5 Å². The highest BCUT2D eigenvalue weighted by Gasteiger charge is 2.29. The second-order valence-corrected chi connectivity index (χ2v) is 4.56. The number of aromatic nitrogens is 2. The zero-order valence-electron chi connectivity index (χ0n) is 10.7. The number of imidazole rings is 1. The molecule has 2 N–H and O–H groups in total. The van der Waals surface area contributed by atoms with E-state index in [0.29, 0.717) is 12.6 Å². The van der Waals surface area contributed by atoms with Crippen LogP contribution < -0.4 is 5.73 Å². The Hall–Kier alpha value is -0.910. The molecule has 0 bridgehead atoms. The van der Waals surface area contributed by atoms with Crippen LogP contribution in [0, 0.1) is 0 Å².